The van der Waals surface area contributed by atoms with Crippen LogP contribution in [-0.4, -0.2) is 18.0 Å². The van der Waals surface area contributed by atoms with Gasteiger partial charge in [0.25, 0.3) is 5.69 Å². The van der Waals surface area contributed by atoms with Crippen molar-refractivity contribution in [1.82, 2.24) is 5.32 Å². The van der Waals surface area contributed by atoms with Crippen molar-refractivity contribution in [2.75, 3.05) is 13.1 Å². The number of non-ortho nitro benzene ring substituents is 1. The second-order valence-corrected chi connectivity index (χ2v) is 3.98. The van der Waals surface area contributed by atoms with Crippen molar-refractivity contribution in [2.45, 2.75) is 13.3 Å². The summed E-state index contributed by atoms with van der Waals surface area (Å²) in [7, 11) is 0. The quantitative estimate of drug-likeness (QED) is 0.482. The highest BCUT2D eigenvalue weighted by molar-refractivity contribution is 6.32. The van der Waals surface area contributed by atoms with E-state index in [1.165, 1.54) is 12.1 Å². The van der Waals surface area contributed by atoms with Crippen LogP contribution < -0.4 is 5.32 Å². The third kappa shape index (κ3) is 4.54. The molecule has 1 rings (SSSR count). The van der Waals surface area contributed by atoms with E-state index in [-0.39, 0.29) is 5.69 Å². The van der Waals surface area contributed by atoms with Crippen molar-refractivity contribution in [3.63, 3.8) is 0 Å². The molecule has 1 N–H and O–H groups in total. The molecule has 0 heterocycles. The van der Waals surface area contributed by atoms with E-state index in [4.69, 9.17) is 11.6 Å². The average molecular weight is 255 g/mol. The van der Waals surface area contributed by atoms with Gasteiger partial charge in [-0.3, -0.25) is 10.1 Å². The van der Waals surface area contributed by atoms with E-state index in [1.807, 2.05) is 6.08 Å². The lowest BCUT2D eigenvalue weighted by molar-refractivity contribution is -0.384. The van der Waals surface area contributed by atoms with Crippen LogP contribution in [0.15, 0.2) is 24.3 Å². The van der Waals surface area contributed by atoms with Crippen LogP contribution in [-0.2, 0) is 0 Å². The Kier molecular flexibility index (Phi) is 5.66. The van der Waals surface area contributed by atoms with Gasteiger partial charge in [0, 0.05) is 23.7 Å². The van der Waals surface area contributed by atoms with Gasteiger partial charge in [0.1, 0.15) is 0 Å². The van der Waals surface area contributed by atoms with Gasteiger partial charge in [0.2, 0.25) is 0 Å². The van der Waals surface area contributed by atoms with Crippen molar-refractivity contribution < 1.29 is 4.92 Å². The summed E-state index contributed by atoms with van der Waals surface area (Å²) in [6.07, 6.45) is 4.77. The maximum absolute atomic E-state index is 10.6. The van der Waals surface area contributed by atoms with Crippen LogP contribution >= 0.6 is 11.6 Å². The number of nitrogens with one attached hydrogen (secondary N) is 1. The van der Waals surface area contributed by atoms with Crippen LogP contribution in [0.25, 0.3) is 6.08 Å². The molecule has 0 radical (unpaired) electrons. The topological polar surface area (TPSA) is 55.2 Å². The lowest BCUT2D eigenvalue weighted by atomic mass is 10.2. The molecule has 1 aromatic carbocycles. The highest BCUT2D eigenvalue weighted by Crippen LogP contribution is 2.22. The Morgan fingerprint density at radius 3 is 2.94 bits per heavy atom. The van der Waals surface area contributed by atoms with Crippen molar-refractivity contribution in [3.05, 3.63) is 45.0 Å². The fourth-order valence-corrected chi connectivity index (χ4v) is 1.50. The maximum atomic E-state index is 10.6. The Balaban J connectivity index is 2.69. The Hall–Kier alpha value is -1.39. The molecule has 1 aromatic rings. The Morgan fingerprint density at radius 2 is 2.29 bits per heavy atom. The second-order valence-electron chi connectivity index (χ2n) is 3.57. The minimum Gasteiger partial charge on any atom is -0.313 e. The fourth-order valence-electron chi connectivity index (χ4n) is 1.32. The first-order valence-corrected chi connectivity index (χ1v) is 5.84. The Morgan fingerprint density at radius 1 is 1.53 bits per heavy atom. The Bertz CT molecular complexity index is 419. The molecular weight excluding hydrogens is 240 g/mol. The van der Waals surface area contributed by atoms with Crippen molar-refractivity contribution in [2.24, 2.45) is 0 Å². The summed E-state index contributed by atoms with van der Waals surface area (Å²) < 4.78 is 0. The molecule has 0 fully saturated rings. The number of rotatable bonds is 6. The predicted octanol–water partition coefficient (Wildman–Crippen LogP) is 3.26. The SMILES string of the molecule is CCCNCC=Cc1cc([N+](=O)[O-])ccc1Cl. The van der Waals surface area contributed by atoms with Crippen LogP contribution in [0, 0.1) is 10.1 Å². The number of hydrogen-bond acceptors (Lipinski definition) is 3. The van der Waals surface area contributed by atoms with Gasteiger partial charge < -0.3 is 5.32 Å². The third-order valence-electron chi connectivity index (χ3n) is 2.18. The zero-order chi connectivity index (χ0) is 12.7. The lowest BCUT2D eigenvalue weighted by Crippen LogP contribution is -2.13. The summed E-state index contributed by atoms with van der Waals surface area (Å²) in [5, 5.41) is 14.3. The minimum atomic E-state index is -0.428. The molecule has 0 aliphatic heterocycles. The van der Waals surface area contributed by atoms with Gasteiger partial charge in [-0.25, -0.2) is 0 Å². The van der Waals surface area contributed by atoms with Crippen LogP contribution in [0.5, 0.6) is 0 Å². The van der Waals surface area contributed by atoms with Gasteiger partial charge >= 0.3 is 0 Å². The summed E-state index contributed by atoms with van der Waals surface area (Å²) >= 11 is 5.95. The summed E-state index contributed by atoms with van der Waals surface area (Å²) in [5.41, 5.74) is 0.717. The van der Waals surface area contributed by atoms with Crippen molar-refractivity contribution in [1.29, 1.82) is 0 Å². The summed E-state index contributed by atoms with van der Waals surface area (Å²) in [6.45, 7) is 3.77. The van der Waals surface area contributed by atoms with E-state index in [9.17, 15) is 10.1 Å². The lowest BCUT2D eigenvalue weighted by Gasteiger charge is -1.99. The standard InChI is InChI=1S/C12H15ClN2O2/c1-2-7-14-8-3-4-10-9-11(15(16)17)5-6-12(10)13/h3-6,9,14H,2,7-8H2,1H3. The van der Waals surface area contributed by atoms with E-state index in [2.05, 4.69) is 12.2 Å². The van der Waals surface area contributed by atoms with Crippen LogP contribution in [0.4, 0.5) is 5.69 Å². The van der Waals surface area contributed by atoms with E-state index in [1.54, 1.807) is 12.1 Å². The highest BCUT2D eigenvalue weighted by Gasteiger charge is 2.07. The largest absolute Gasteiger partial charge is 0.313 e. The van der Waals surface area contributed by atoms with Gasteiger partial charge in [0.05, 0.1) is 4.92 Å². The molecule has 0 aromatic heterocycles. The molecule has 0 aliphatic rings. The molecular formula is C12H15ClN2O2. The van der Waals surface area contributed by atoms with Gasteiger partial charge in [-0.15, -0.1) is 0 Å². The predicted molar refractivity (Wildman–Crippen MR) is 70.3 cm³/mol. The monoisotopic (exact) mass is 254 g/mol. The van der Waals surface area contributed by atoms with Crippen LogP contribution in [0.2, 0.25) is 5.02 Å². The zero-order valence-corrected chi connectivity index (χ0v) is 10.4. The van der Waals surface area contributed by atoms with Crippen LogP contribution in [0.1, 0.15) is 18.9 Å². The Labute approximate surface area is 105 Å². The van der Waals surface area contributed by atoms with Gasteiger partial charge in [0.15, 0.2) is 0 Å². The molecule has 92 valence electrons. The normalized spacial score (nSPS) is 10.9. The average Bonchev–Trinajstić information content (AvgIpc) is 2.30. The van der Waals surface area contributed by atoms with Gasteiger partial charge in [-0.2, -0.15) is 0 Å². The third-order valence-corrected chi connectivity index (χ3v) is 2.52. The van der Waals surface area contributed by atoms with E-state index < -0.39 is 4.92 Å². The summed E-state index contributed by atoms with van der Waals surface area (Å²) in [5.74, 6) is 0. The molecule has 0 saturated carbocycles. The van der Waals surface area contributed by atoms with Crippen molar-refractivity contribution in [3.8, 4) is 0 Å². The molecule has 0 amide bonds. The maximum Gasteiger partial charge on any atom is 0.270 e. The molecule has 0 spiro atoms. The number of benzene rings is 1. The molecule has 4 nitrogen and oxygen atoms in total. The molecule has 0 aliphatic carbocycles. The number of nitrogens with zero attached hydrogens (tertiary/aromatic N) is 1. The molecule has 17 heavy (non-hydrogen) atoms. The second kappa shape index (κ2) is 7.04. The number of nitro groups is 1. The molecule has 0 atom stereocenters. The van der Waals surface area contributed by atoms with E-state index >= 15 is 0 Å². The highest BCUT2D eigenvalue weighted by atomic mass is 35.5. The molecule has 5 heteroatoms. The van der Waals surface area contributed by atoms with Crippen LogP contribution in [0.3, 0.4) is 0 Å². The summed E-state index contributed by atoms with van der Waals surface area (Å²) in [6, 6.07) is 4.41. The van der Waals surface area contributed by atoms with Crippen molar-refractivity contribution >= 4 is 23.4 Å². The fraction of sp³-hybridized carbons (Fsp3) is 0.333. The minimum absolute atomic E-state index is 0.0515. The summed E-state index contributed by atoms with van der Waals surface area (Å²) in [4.78, 5) is 10.2. The smallest absolute Gasteiger partial charge is 0.270 e. The van der Waals surface area contributed by atoms with Gasteiger partial charge in [-0.05, 0) is 24.6 Å². The number of halogens is 1. The molecule has 0 saturated heterocycles. The first-order valence-electron chi connectivity index (χ1n) is 5.46. The van der Waals surface area contributed by atoms with Gasteiger partial charge in [-0.1, -0.05) is 30.7 Å². The molecule has 0 bridgehead atoms. The number of nitro benzene ring substituents is 1. The van der Waals surface area contributed by atoms with E-state index in [0.29, 0.717) is 10.6 Å². The first-order chi connectivity index (χ1) is 8.15. The zero-order valence-electron chi connectivity index (χ0n) is 9.65. The number of hydrogen-bond donors (Lipinski definition) is 1. The molecule has 0 unspecified atom stereocenters. The van der Waals surface area contributed by atoms with E-state index in [0.717, 1.165) is 19.5 Å². The first kappa shape index (κ1) is 13.7.